The van der Waals surface area contributed by atoms with Crippen LogP contribution in [0.25, 0.3) is 0 Å². The lowest BCUT2D eigenvalue weighted by Crippen LogP contribution is -2.51. The van der Waals surface area contributed by atoms with Crippen molar-refractivity contribution in [2.24, 2.45) is 0 Å². The summed E-state index contributed by atoms with van der Waals surface area (Å²) >= 11 is 1.37. The molecule has 0 radical (unpaired) electrons. The summed E-state index contributed by atoms with van der Waals surface area (Å²) in [6.07, 6.45) is 2.71. The SMILES string of the molecule is Cc1nnc(NC(=O)N2CCCC[C@H]2C2OCCO2)s1. The monoisotopic (exact) mass is 298 g/mol. The topological polar surface area (TPSA) is 76.6 Å². The van der Waals surface area contributed by atoms with Gasteiger partial charge in [-0.05, 0) is 26.2 Å². The Balaban J connectivity index is 1.67. The molecule has 2 aliphatic rings. The van der Waals surface area contributed by atoms with Crippen LogP contribution in [0.3, 0.4) is 0 Å². The Hall–Kier alpha value is -1.25. The number of hydrogen-bond acceptors (Lipinski definition) is 6. The van der Waals surface area contributed by atoms with E-state index in [1.807, 2.05) is 6.92 Å². The second kappa shape index (κ2) is 6.02. The van der Waals surface area contributed by atoms with Gasteiger partial charge in [-0.3, -0.25) is 5.32 Å². The molecule has 0 aromatic carbocycles. The van der Waals surface area contributed by atoms with E-state index in [-0.39, 0.29) is 18.4 Å². The number of likely N-dealkylation sites (tertiary alicyclic amines) is 1. The van der Waals surface area contributed by atoms with E-state index in [9.17, 15) is 4.79 Å². The number of nitrogens with one attached hydrogen (secondary N) is 1. The van der Waals surface area contributed by atoms with E-state index in [1.165, 1.54) is 11.3 Å². The molecule has 0 unspecified atom stereocenters. The van der Waals surface area contributed by atoms with E-state index in [1.54, 1.807) is 4.90 Å². The number of urea groups is 1. The summed E-state index contributed by atoms with van der Waals surface area (Å²) in [4.78, 5) is 14.2. The van der Waals surface area contributed by atoms with E-state index in [4.69, 9.17) is 9.47 Å². The highest BCUT2D eigenvalue weighted by Crippen LogP contribution is 2.25. The predicted molar refractivity (Wildman–Crippen MR) is 73.7 cm³/mol. The quantitative estimate of drug-likeness (QED) is 0.897. The Labute approximate surface area is 121 Å². The standard InChI is InChI=1S/C12H18N4O3S/c1-8-14-15-11(20-8)13-12(17)16-5-3-2-4-9(16)10-18-6-7-19-10/h9-10H,2-7H2,1H3,(H,13,15,17)/t9-/m0/s1. The van der Waals surface area contributed by atoms with Crippen LogP contribution in [0.1, 0.15) is 24.3 Å². The molecule has 1 aromatic rings. The third-order valence-electron chi connectivity index (χ3n) is 3.51. The Kier molecular flexibility index (Phi) is 4.13. The van der Waals surface area contributed by atoms with E-state index >= 15 is 0 Å². The molecular formula is C12H18N4O3S. The van der Waals surface area contributed by atoms with Crippen molar-refractivity contribution in [3.05, 3.63) is 5.01 Å². The molecule has 2 fully saturated rings. The first-order valence-electron chi connectivity index (χ1n) is 6.85. The van der Waals surface area contributed by atoms with Crippen LogP contribution >= 0.6 is 11.3 Å². The second-order valence-electron chi connectivity index (χ2n) is 4.92. The van der Waals surface area contributed by atoms with Crippen molar-refractivity contribution >= 4 is 22.5 Å². The van der Waals surface area contributed by atoms with Gasteiger partial charge in [0, 0.05) is 6.54 Å². The molecule has 1 aromatic heterocycles. The Morgan fingerprint density at radius 3 is 2.85 bits per heavy atom. The van der Waals surface area contributed by atoms with Gasteiger partial charge in [0.2, 0.25) is 5.13 Å². The van der Waals surface area contributed by atoms with Crippen LogP contribution in [-0.2, 0) is 9.47 Å². The number of aromatic nitrogens is 2. The fourth-order valence-electron chi connectivity index (χ4n) is 2.60. The van der Waals surface area contributed by atoms with Crippen molar-refractivity contribution in [2.45, 2.75) is 38.5 Å². The molecule has 8 heteroatoms. The normalized spacial score (nSPS) is 24.1. The number of carbonyl (C=O) groups is 1. The summed E-state index contributed by atoms with van der Waals surface area (Å²) in [5.74, 6) is 0. The molecule has 0 aliphatic carbocycles. The molecule has 3 heterocycles. The fourth-order valence-corrected chi connectivity index (χ4v) is 3.18. The van der Waals surface area contributed by atoms with Crippen LogP contribution in [0.2, 0.25) is 0 Å². The lowest BCUT2D eigenvalue weighted by molar-refractivity contribution is -0.0973. The average molecular weight is 298 g/mol. The molecule has 3 rings (SSSR count). The molecule has 1 N–H and O–H groups in total. The van der Waals surface area contributed by atoms with Crippen molar-refractivity contribution in [3.63, 3.8) is 0 Å². The first-order valence-corrected chi connectivity index (χ1v) is 7.66. The summed E-state index contributed by atoms with van der Waals surface area (Å²) < 4.78 is 11.1. The van der Waals surface area contributed by atoms with E-state index in [0.29, 0.717) is 18.3 Å². The molecule has 7 nitrogen and oxygen atoms in total. The summed E-state index contributed by atoms with van der Waals surface area (Å²) in [6, 6.07) is -0.162. The lowest BCUT2D eigenvalue weighted by Gasteiger charge is -2.37. The van der Waals surface area contributed by atoms with Crippen LogP contribution in [0.4, 0.5) is 9.93 Å². The highest BCUT2D eigenvalue weighted by Gasteiger charge is 2.36. The first kappa shape index (κ1) is 13.7. The van der Waals surface area contributed by atoms with E-state index < -0.39 is 0 Å². The number of aryl methyl sites for hydroxylation is 1. The van der Waals surface area contributed by atoms with Crippen LogP contribution in [-0.4, -0.2) is 53.2 Å². The number of carbonyl (C=O) groups excluding carboxylic acids is 1. The molecule has 20 heavy (non-hydrogen) atoms. The van der Waals surface area contributed by atoms with Gasteiger partial charge in [0.1, 0.15) is 5.01 Å². The largest absolute Gasteiger partial charge is 0.348 e. The smallest absolute Gasteiger partial charge is 0.324 e. The zero-order valence-electron chi connectivity index (χ0n) is 11.4. The fraction of sp³-hybridized carbons (Fsp3) is 0.750. The molecule has 0 spiro atoms. The van der Waals surface area contributed by atoms with E-state index in [2.05, 4.69) is 15.5 Å². The maximum absolute atomic E-state index is 12.4. The van der Waals surface area contributed by atoms with Gasteiger partial charge in [-0.15, -0.1) is 10.2 Å². The number of ether oxygens (including phenoxy) is 2. The van der Waals surface area contributed by atoms with Crippen molar-refractivity contribution in [1.29, 1.82) is 0 Å². The van der Waals surface area contributed by atoms with Crippen LogP contribution in [0.15, 0.2) is 0 Å². The third-order valence-corrected chi connectivity index (χ3v) is 4.27. The number of anilines is 1. The minimum Gasteiger partial charge on any atom is -0.348 e. The maximum Gasteiger partial charge on any atom is 0.324 e. The summed E-state index contributed by atoms with van der Waals surface area (Å²) in [5.41, 5.74) is 0. The number of nitrogens with zero attached hydrogens (tertiary/aromatic N) is 3. The molecule has 1 atom stereocenters. The summed E-state index contributed by atoms with van der Waals surface area (Å²) in [6.45, 7) is 3.78. The van der Waals surface area contributed by atoms with Crippen molar-refractivity contribution in [3.8, 4) is 0 Å². The van der Waals surface area contributed by atoms with E-state index in [0.717, 1.165) is 30.8 Å². The number of piperidine rings is 1. The van der Waals surface area contributed by atoms with Gasteiger partial charge in [0.15, 0.2) is 6.29 Å². The molecular weight excluding hydrogens is 280 g/mol. The molecule has 2 aliphatic heterocycles. The highest BCUT2D eigenvalue weighted by molar-refractivity contribution is 7.15. The molecule has 0 saturated carbocycles. The number of hydrogen-bond donors (Lipinski definition) is 1. The Morgan fingerprint density at radius 2 is 2.15 bits per heavy atom. The minimum absolute atomic E-state index is 0.0136. The lowest BCUT2D eigenvalue weighted by atomic mass is 10.0. The van der Waals surface area contributed by atoms with Gasteiger partial charge in [0.05, 0.1) is 19.3 Å². The first-order chi connectivity index (χ1) is 9.74. The maximum atomic E-state index is 12.4. The van der Waals surface area contributed by atoms with Gasteiger partial charge >= 0.3 is 6.03 Å². The molecule has 2 amide bonds. The molecule has 110 valence electrons. The van der Waals surface area contributed by atoms with Crippen LogP contribution in [0.5, 0.6) is 0 Å². The van der Waals surface area contributed by atoms with Gasteiger partial charge in [-0.2, -0.15) is 0 Å². The minimum atomic E-state index is -0.294. The number of rotatable bonds is 2. The van der Waals surface area contributed by atoms with Gasteiger partial charge in [-0.25, -0.2) is 4.79 Å². The van der Waals surface area contributed by atoms with Crippen molar-refractivity contribution < 1.29 is 14.3 Å². The summed E-state index contributed by atoms with van der Waals surface area (Å²) in [5, 5.41) is 12.0. The average Bonchev–Trinajstić information content (AvgIpc) is 3.10. The Bertz CT molecular complexity index is 475. The highest BCUT2D eigenvalue weighted by atomic mass is 32.1. The number of amides is 2. The van der Waals surface area contributed by atoms with Crippen LogP contribution < -0.4 is 5.32 Å². The van der Waals surface area contributed by atoms with Gasteiger partial charge in [0.25, 0.3) is 0 Å². The zero-order chi connectivity index (χ0) is 13.9. The molecule has 2 saturated heterocycles. The third kappa shape index (κ3) is 2.92. The zero-order valence-corrected chi connectivity index (χ0v) is 12.2. The van der Waals surface area contributed by atoms with Crippen LogP contribution in [0, 0.1) is 6.92 Å². The van der Waals surface area contributed by atoms with Gasteiger partial charge < -0.3 is 14.4 Å². The van der Waals surface area contributed by atoms with Gasteiger partial charge in [-0.1, -0.05) is 11.3 Å². The Morgan fingerprint density at radius 1 is 1.35 bits per heavy atom. The van der Waals surface area contributed by atoms with Crippen molar-refractivity contribution in [1.82, 2.24) is 15.1 Å². The molecule has 0 bridgehead atoms. The second-order valence-corrected chi connectivity index (χ2v) is 6.10. The summed E-state index contributed by atoms with van der Waals surface area (Å²) in [7, 11) is 0. The van der Waals surface area contributed by atoms with Crippen molar-refractivity contribution in [2.75, 3.05) is 25.1 Å². The predicted octanol–water partition coefficient (Wildman–Crippen LogP) is 1.61.